The second-order valence-electron chi connectivity index (χ2n) is 5.72. The van der Waals surface area contributed by atoms with Gasteiger partial charge >= 0.3 is 0 Å². The molecule has 0 bridgehead atoms. The Bertz CT molecular complexity index is 1400. The standard InChI is InChI=1S/C18H2F4N6O2/c19-9-7-8(15-14(12(9)22)28-17(29-15)5(1-23)2-24)11(21)16-13(10(7)20)27-18(30-16)6(3-25)4-26/h27-28H. The summed E-state index contributed by atoms with van der Waals surface area (Å²) in [6.45, 7) is 0. The Balaban J connectivity index is 2.08. The van der Waals surface area contributed by atoms with Crippen molar-refractivity contribution in [2.45, 2.75) is 0 Å². The normalized spacial score (nSPS) is 12.8. The molecule has 0 unspecified atom stereocenters. The van der Waals surface area contributed by atoms with Gasteiger partial charge in [-0.2, -0.15) is 21.0 Å². The van der Waals surface area contributed by atoms with E-state index in [1.807, 2.05) is 0 Å². The number of halogens is 4. The molecule has 0 saturated heterocycles. The number of nitriles is 4. The van der Waals surface area contributed by atoms with Gasteiger partial charge in [-0.25, -0.2) is 17.6 Å². The summed E-state index contributed by atoms with van der Waals surface area (Å²) in [6.07, 6.45) is 0. The van der Waals surface area contributed by atoms with Crippen molar-refractivity contribution in [3.05, 3.63) is 46.2 Å². The molecule has 0 aromatic heterocycles. The molecule has 0 fully saturated rings. The first-order valence-corrected chi connectivity index (χ1v) is 7.72. The summed E-state index contributed by atoms with van der Waals surface area (Å²) < 4.78 is 69.5. The van der Waals surface area contributed by atoms with Gasteiger partial charge < -0.3 is 20.1 Å². The zero-order chi connectivity index (χ0) is 21.7. The van der Waals surface area contributed by atoms with E-state index in [-0.39, 0.29) is 0 Å². The van der Waals surface area contributed by atoms with Crippen LogP contribution in [0.1, 0.15) is 0 Å². The lowest BCUT2D eigenvalue weighted by molar-refractivity contribution is 0.421. The zero-order valence-electron chi connectivity index (χ0n) is 14.1. The van der Waals surface area contributed by atoms with Crippen molar-refractivity contribution < 1.29 is 27.0 Å². The second-order valence-corrected chi connectivity index (χ2v) is 5.72. The third-order valence-electron chi connectivity index (χ3n) is 4.21. The minimum Gasteiger partial charge on any atom is -0.436 e. The second kappa shape index (κ2) is 6.30. The first-order chi connectivity index (χ1) is 14.4. The summed E-state index contributed by atoms with van der Waals surface area (Å²) in [5.74, 6) is -9.05. The highest BCUT2D eigenvalue weighted by Gasteiger charge is 2.38. The summed E-state index contributed by atoms with van der Waals surface area (Å²) in [6, 6.07) is 5.81. The molecule has 144 valence electrons. The molecular formula is C18H2F4N6O2. The molecule has 0 amide bonds. The molecule has 0 radical (unpaired) electrons. The molecule has 0 spiro atoms. The third kappa shape index (κ3) is 2.22. The van der Waals surface area contributed by atoms with E-state index in [2.05, 4.69) is 10.6 Å². The number of nitrogens with one attached hydrogen (secondary N) is 2. The van der Waals surface area contributed by atoms with Gasteiger partial charge in [-0.3, -0.25) is 0 Å². The molecule has 0 saturated carbocycles. The van der Waals surface area contributed by atoms with Crippen LogP contribution in [0, 0.1) is 68.6 Å². The summed E-state index contributed by atoms with van der Waals surface area (Å²) >= 11 is 0. The molecule has 2 aliphatic rings. The third-order valence-corrected chi connectivity index (χ3v) is 4.21. The Morgan fingerprint density at radius 3 is 1.57 bits per heavy atom. The molecule has 4 rings (SSSR count). The van der Waals surface area contributed by atoms with E-state index in [9.17, 15) is 13.2 Å². The number of nitrogens with zero attached hydrogens (tertiary/aromatic N) is 4. The highest BCUT2D eigenvalue weighted by Crippen LogP contribution is 2.51. The molecule has 0 atom stereocenters. The maximum atomic E-state index is 15.2. The fourth-order valence-corrected chi connectivity index (χ4v) is 2.91. The Hall–Kier alpha value is -4.94. The molecule has 0 aliphatic carbocycles. The molecule has 2 aromatic carbocycles. The van der Waals surface area contributed by atoms with E-state index in [1.54, 1.807) is 0 Å². The summed E-state index contributed by atoms with van der Waals surface area (Å²) in [7, 11) is 0. The van der Waals surface area contributed by atoms with Gasteiger partial charge in [0.15, 0.2) is 45.9 Å². The molecule has 2 N–H and O–H groups in total. The van der Waals surface area contributed by atoms with Crippen molar-refractivity contribution in [1.29, 1.82) is 21.0 Å². The number of allylic oxidation sites excluding steroid dienone is 2. The maximum absolute atomic E-state index is 15.2. The minimum atomic E-state index is -1.78. The Morgan fingerprint density at radius 2 is 1.07 bits per heavy atom. The molecule has 8 nitrogen and oxygen atoms in total. The van der Waals surface area contributed by atoms with E-state index in [0.717, 1.165) is 0 Å². The van der Waals surface area contributed by atoms with Crippen LogP contribution in [0.4, 0.5) is 28.9 Å². The van der Waals surface area contributed by atoms with Crippen LogP contribution in [-0.2, 0) is 0 Å². The fourth-order valence-electron chi connectivity index (χ4n) is 2.91. The molecule has 30 heavy (non-hydrogen) atoms. The summed E-state index contributed by atoms with van der Waals surface area (Å²) in [4.78, 5) is 0. The van der Waals surface area contributed by atoms with Gasteiger partial charge in [0, 0.05) is 0 Å². The molecule has 2 aliphatic heterocycles. The molecule has 12 heteroatoms. The van der Waals surface area contributed by atoms with E-state index < -0.39 is 79.8 Å². The average Bonchev–Trinajstić information content (AvgIpc) is 3.37. The predicted octanol–water partition coefficient (Wildman–Crippen LogP) is 3.52. The van der Waals surface area contributed by atoms with Crippen LogP contribution in [0.15, 0.2) is 22.9 Å². The lowest BCUT2D eigenvalue weighted by Crippen LogP contribution is -2.01. The lowest BCUT2D eigenvalue weighted by atomic mass is 10.0. The van der Waals surface area contributed by atoms with Crippen LogP contribution in [0.25, 0.3) is 10.8 Å². The number of anilines is 2. The van der Waals surface area contributed by atoms with Crippen molar-refractivity contribution in [1.82, 2.24) is 0 Å². The quantitative estimate of drug-likeness (QED) is 0.497. The van der Waals surface area contributed by atoms with Crippen molar-refractivity contribution >= 4 is 22.1 Å². The predicted molar refractivity (Wildman–Crippen MR) is 88.8 cm³/mol. The van der Waals surface area contributed by atoms with Crippen molar-refractivity contribution in [3.8, 4) is 35.8 Å². The van der Waals surface area contributed by atoms with Crippen molar-refractivity contribution in [3.63, 3.8) is 0 Å². The largest absolute Gasteiger partial charge is 0.436 e. The SMILES string of the molecule is N#CC(C#N)=C1Nc2c(c(F)c3c4c(c(F)c(F)c3c2F)NC(=C(C#N)C#N)O4)O1. The molecule has 2 aromatic rings. The van der Waals surface area contributed by atoms with Crippen LogP contribution in [-0.4, -0.2) is 0 Å². The first kappa shape index (κ1) is 18.4. The van der Waals surface area contributed by atoms with Crippen LogP contribution in [0.3, 0.4) is 0 Å². The fraction of sp³-hybridized carbons (Fsp3) is 0. The smallest absolute Gasteiger partial charge is 0.227 e. The van der Waals surface area contributed by atoms with E-state index in [1.165, 1.54) is 24.3 Å². The van der Waals surface area contributed by atoms with Crippen LogP contribution in [0.2, 0.25) is 0 Å². The summed E-state index contributed by atoms with van der Waals surface area (Å²) in [5, 5.41) is 37.9. The Labute approximate surface area is 163 Å². The van der Waals surface area contributed by atoms with Crippen molar-refractivity contribution in [2.24, 2.45) is 0 Å². The highest BCUT2D eigenvalue weighted by atomic mass is 19.2. The van der Waals surface area contributed by atoms with Crippen molar-refractivity contribution in [2.75, 3.05) is 10.6 Å². The first-order valence-electron chi connectivity index (χ1n) is 7.72. The molecular weight excluding hydrogens is 408 g/mol. The lowest BCUT2D eigenvalue weighted by Gasteiger charge is -2.11. The van der Waals surface area contributed by atoms with E-state index in [4.69, 9.17) is 30.5 Å². The number of ether oxygens (including phenoxy) is 2. The Kier molecular flexibility index (Phi) is 3.87. The van der Waals surface area contributed by atoms with Gasteiger partial charge in [0.1, 0.15) is 35.7 Å². The number of hydrogen-bond acceptors (Lipinski definition) is 8. The van der Waals surface area contributed by atoms with Crippen LogP contribution < -0.4 is 20.1 Å². The van der Waals surface area contributed by atoms with Gasteiger partial charge in [0.2, 0.25) is 11.8 Å². The monoisotopic (exact) mass is 410 g/mol. The number of fused-ring (bicyclic) bond motifs is 4. The average molecular weight is 410 g/mol. The highest BCUT2D eigenvalue weighted by molar-refractivity contribution is 6.01. The van der Waals surface area contributed by atoms with E-state index >= 15 is 4.39 Å². The number of rotatable bonds is 0. The topological polar surface area (TPSA) is 138 Å². The van der Waals surface area contributed by atoms with Gasteiger partial charge in [0.25, 0.3) is 0 Å². The van der Waals surface area contributed by atoms with Crippen LogP contribution >= 0.6 is 0 Å². The summed E-state index contributed by atoms with van der Waals surface area (Å²) in [5.41, 5.74) is -2.82. The van der Waals surface area contributed by atoms with Gasteiger partial charge in [-0.1, -0.05) is 0 Å². The van der Waals surface area contributed by atoms with Gasteiger partial charge in [-0.05, 0) is 0 Å². The Morgan fingerprint density at radius 1 is 0.600 bits per heavy atom. The number of benzene rings is 2. The van der Waals surface area contributed by atoms with Gasteiger partial charge in [0.05, 0.1) is 10.8 Å². The van der Waals surface area contributed by atoms with E-state index in [0.29, 0.717) is 0 Å². The zero-order valence-corrected chi connectivity index (χ0v) is 14.1. The van der Waals surface area contributed by atoms with Crippen LogP contribution in [0.5, 0.6) is 11.5 Å². The van der Waals surface area contributed by atoms with Gasteiger partial charge in [-0.15, -0.1) is 0 Å². The minimum absolute atomic E-state index is 0.600. The maximum Gasteiger partial charge on any atom is 0.227 e. The number of hydrogen-bond donors (Lipinski definition) is 2. The molecule has 2 heterocycles.